The van der Waals surface area contributed by atoms with Gasteiger partial charge in [-0.2, -0.15) is 0 Å². The summed E-state index contributed by atoms with van der Waals surface area (Å²) >= 11 is 0. The molecule has 2 aromatic carbocycles. The smallest absolute Gasteiger partial charge is 0.309 e. The second kappa shape index (κ2) is 7.80. The van der Waals surface area contributed by atoms with Gasteiger partial charge in [-0.3, -0.25) is 4.79 Å². The van der Waals surface area contributed by atoms with Crippen LogP contribution in [0.2, 0.25) is 0 Å². The maximum absolute atomic E-state index is 13.1. The molecule has 6 nitrogen and oxygen atoms in total. The number of carbonyl (C=O) groups is 1. The predicted octanol–water partition coefficient (Wildman–Crippen LogP) is 4.35. The number of aryl methyl sites for hydroxylation is 2. The summed E-state index contributed by atoms with van der Waals surface area (Å²) in [6, 6.07) is 10.5. The van der Waals surface area contributed by atoms with E-state index in [2.05, 4.69) is 0 Å². The van der Waals surface area contributed by atoms with Crippen molar-refractivity contribution in [3.8, 4) is 5.75 Å². The van der Waals surface area contributed by atoms with Gasteiger partial charge in [0, 0.05) is 17.1 Å². The van der Waals surface area contributed by atoms with E-state index in [1.165, 1.54) is 0 Å². The number of ether oxygens (including phenoxy) is 1. The number of fused-ring (bicyclic) bond motifs is 1. The summed E-state index contributed by atoms with van der Waals surface area (Å²) in [4.78, 5) is 11.9. The van der Waals surface area contributed by atoms with Crippen molar-refractivity contribution in [3.63, 3.8) is 0 Å². The molecule has 0 aliphatic rings. The van der Waals surface area contributed by atoms with E-state index < -0.39 is 21.2 Å². The van der Waals surface area contributed by atoms with Gasteiger partial charge in [-0.05, 0) is 81.1 Å². The van der Waals surface area contributed by atoms with Gasteiger partial charge < -0.3 is 14.4 Å². The fourth-order valence-corrected chi connectivity index (χ4v) is 4.80. The van der Waals surface area contributed by atoms with Gasteiger partial charge in [0.25, 0.3) is 0 Å². The number of carboxylic acids is 1. The van der Waals surface area contributed by atoms with Gasteiger partial charge in [0.05, 0.1) is 17.4 Å². The molecule has 1 N–H and O–H groups in total. The van der Waals surface area contributed by atoms with E-state index in [-0.39, 0.29) is 17.2 Å². The van der Waals surface area contributed by atoms with Gasteiger partial charge in [-0.1, -0.05) is 6.07 Å². The van der Waals surface area contributed by atoms with Crippen LogP contribution in [-0.2, 0) is 26.9 Å². The number of sulfone groups is 1. The maximum atomic E-state index is 13.1. The number of aliphatic carboxylic acids is 1. The monoisotopic (exact) mass is 429 g/mol. The number of methoxy groups -OCH3 is 1. The zero-order valence-electron chi connectivity index (χ0n) is 17.9. The van der Waals surface area contributed by atoms with E-state index in [0.717, 1.165) is 27.6 Å². The van der Waals surface area contributed by atoms with E-state index in [0.29, 0.717) is 5.75 Å². The lowest BCUT2D eigenvalue weighted by molar-refractivity contribution is -0.146. The summed E-state index contributed by atoms with van der Waals surface area (Å²) in [5.74, 6) is -0.507. The van der Waals surface area contributed by atoms with E-state index in [1.54, 1.807) is 56.0 Å². The molecule has 0 spiro atoms. The average Bonchev–Trinajstić information content (AvgIpc) is 2.99. The Morgan fingerprint density at radius 2 is 1.80 bits per heavy atom. The fraction of sp³-hybridized carbons (Fsp3) is 0.348. The summed E-state index contributed by atoms with van der Waals surface area (Å²) in [6.45, 7) is 7.14. The van der Waals surface area contributed by atoms with Crippen LogP contribution in [0.4, 0.5) is 0 Å². The number of hydrogen-bond acceptors (Lipinski definition) is 4. The van der Waals surface area contributed by atoms with Gasteiger partial charge in [-0.15, -0.1) is 0 Å². The first kappa shape index (κ1) is 21.9. The number of aromatic nitrogens is 1. The molecular formula is C23H27NO5S. The molecule has 0 aliphatic carbocycles. The van der Waals surface area contributed by atoms with Gasteiger partial charge in [0.15, 0.2) is 9.84 Å². The zero-order chi connectivity index (χ0) is 22.3. The number of benzene rings is 2. The molecule has 30 heavy (non-hydrogen) atoms. The lowest BCUT2D eigenvalue weighted by Crippen LogP contribution is -2.26. The molecule has 1 aromatic heterocycles. The Morgan fingerprint density at radius 3 is 2.40 bits per heavy atom. The van der Waals surface area contributed by atoms with E-state index in [9.17, 15) is 18.3 Å². The Hall–Kier alpha value is -2.80. The van der Waals surface area contributed by atoms with Crippen molar-refractivity contribution in [1.29, 1.82) is 0 Å². The summed E-state index contributed by atoms with van der Waals surface area (Å²) in [5, 5.41) is 10.3. The fourth-order valence-electron chi connectivity index (χ4n) is 3.44. The number of carboxylic acid groups (broad SMARTS) is 1. The Morgan fingerprint density at radius 1 is 1.10 bits per heavy atom. The number of rotatable bonds is 7. The highest BCUT2D eigenvalue weighted by molar-refractivity contribution is 7.90. The van der Waals surface area contributed by atoms with Crippen LogP contribution in [0, 0.1) is 19.3 Å². The summed E-state index contributed by atoms with van der Waals surface area (Å²) in [6.07, 6.45) is 2.01. The molecule has 0 aliphatic heterocycles. The molecule has 0 unspecified atom stereocenters. The molecule has 3 aromatic rings. The molecule has 1 heterocycles. The summed E-state index contributed by atoms with van der Waals surface area (Å²) in [7, 11) is -2.03. The molecule has 0 saturated heterocycles. The molecule has 0 radical (unpaired) electrons. The van der Waals surface area contributed by atoms with Gasteiger partial charge >= 0.3 is 5.97 Å². The minimum absolute atomic E-state index is 0.230. The van der Waals surface area contributed by atoms with Crippen LogP contribution in [0.25, 0.3) is 10.9 Å². The van der Waals surface area contributed by atoms with Gasteiger partial charge in [0.1, 0.15) is 11.6 Å². The second-order valence-electron chi connectivity index (χ2n) is 8.36. The first-order chi connectivity index (χ1) is 13.9. The number of nitrogens with zero attached hydrogens (tertiary/aromatic N) is 1. The van der Waals surface area contributed by atoms with Crippen molar-refractivity contribution < 1.29 is 23.1 Å². The highest BCUT2D eigenvalue weighted by atomic mass is 32.2. The first-order valence-corrected chi connectivity index (χ1v) is 11.3. The van der Waals surface area contributed by atoms with Gasteiger partial charge in [-0.25, -0.2) is 8.42 Å². The summed E-state index contributed by atoms with van der Waals surface area (Å²) < 4.78 is 33.2. The molecular weight excluding hydrogens is 402 g/mol. The minimum atomic E-state index is -3.59. The molecule has 0 saturated carbocycles. The molecule has 0 atom stereocenters. The van der Waals surface area contributed by atoms with Crippen molar-refractivity contribution in [3.05, 3.63) is 59.3 Å². The van der Waals surface area contributed by atoms with E-state index in [1.807, 2.05) is 26.0 Å². The van der Waals surface area contributed by atoms with Crippen molar-refractivity contribution in [1.82, 2.24) is 4.57 Å². The Labute approximate surface area is 177 Å². The topological polar surface area (TPSA) is 85.6 Å². The SMILES string of the molecule is COc1ccc2c(c1)c(CC(C)(C)C(=O)O)cn2CS(=O)(=O)c1ccc(C)c(C)c1. The third-order valence-corrected chi connectivity index (χ3v) is 7.12. The van der Waals surface area contributed by atoms with Crippen molar-refractivity contribution in [2.45, 2.75) is 44.9 Å². The zero-order valence-corrected chi connectivity index (χ0v) is 18.7. The molecule has 0 amide bonds. The Kier molecular flexibility index (Phi) is 5.69. The van der Waals surface area contributed by atoms with Crippen LogP contribution in [0.3, 0.4) is 0 Å². The van der Waals surface area contributed by atoms with E-state index >= 15 is 0 Å². The van der Waals surface area contributed by atoms with Crippen LogP contribution < -0.4 is 4.74 Å². The Balaban J connectivity index is 2.09. The third-order valence-electron chi connectivity index (χ3n) is 5.53. The molecule has 0 bridgehead atoms. The summed E-state index contributed by atoms with van der Waals surface area (Å²) in [5.41, 5.74) is 2.45. The van der Waals surface area contributed by atoms with Crippen LogP contribution in [0.1, 0.15) is 30.5 Å². The van der Waals surface area contributed by atoms with E-state index in [4.69, 9.17) is 4.74 Å². The molecule has 160 valence electrons. The largest absolute Gasteiger partial charge is 0.497 e. The highest BCUT2D eigenvalue weighted by Crippen LogP contribution is 2.32. The van der Waals surface area contributed by atoms with Crippen LogP contribution in [0.5, 0.6) is 5.75 Å². The molecule has 7 heteroatoms. The molecule has 0 fully saturated rings. The highest BCUT2D eigenvalue weighted by Gasteiger charge is 2.29. The van der Waals surface area contributed by atoms with Crippen molar-refractivity contribution in [2.24, 2.45) is 5.41 Å². The predicted molar refractivity (Wildman–Crippen MR) is 117 cm³/mol. The normalized spacial score (nSPS) is 12.3. The molecule has 3 rings (SSSR count). The first-order valence-electron chi connectivity index (χ1n) is 9.64. The van der Waals surface area contributed by atoms with Crippen LogP contribution in [0.15, 0.2) is 47.5 Å². The van der Waals surface area contributed by atoms with Crippen molar-refractivity contribution in [2.75, 3.05) is 7.11 Å². The number of hydrogen-bond donors (Lipinski definition) is 1. The third kappa shape index (κ3) is 4.21. The van der Waals surface area contributed by atoms with Gasteiger partial charge in [0.2, 0.25) is 0 Å². The minimum Gasteiger partial charge on any atom is -0.497 e. The maximum Gasteiger partial charge on any atom is 0.309 e. The quantitative estimate of drug-likeness (QED) is 0.603. The van der Waals surface area contributed by atoms with Crippen LogP contribution in [-0.4, -0.2) is 31.2 Å². The Bertz CT molecular complexity index is 1220. The lowest BCUT2D eigenvalue weighted by Gasteiger charge is -2.18. The average molecular weight is 430 g/mol. The van der Waals surface area contributed by atoms with Crippen molar-refractivity contribution >= 4 is 26.7 Å². The van der Waals surface area contributed by atoms with Crippen LogP contribution >= 0.6 is 0 Å². The standard InChI is InChI=1S/C23H27NO5S/c1-15-6-8-19(10-16(15)2)30(27,28)14-24-13-17(12-23(3,4)22(25)26)20-11-18(29-5)7-9-21(20)24/h6-11,13H,12,14H2,1-5H3,(H,25,26). The lowest BCUT2D eigenvalue weighted by atomic mass is 9.86. The second-order valence-corrected chi connectivity index (χ2v) is 10.3.